The van der Waals surface area contributed by atoms with Gasteiger partial charge in [-0.15, -0.1) is 0 Å². The van der Waals surface area contributed by atoms with Gasteiger partial charge in [0.2, 0.25) is 5.55 Å². The molecular formula is C25H23N3O5. The fourth-order valence-corrected chi connectivity index (χ4v) is 3.30. The fraction of sp³-hybridized carbons (Fsp3) is 0.160. The van der Waals surface area contributed by atoms with Gasteiger partial charge in [-0.2, -0.15) is 0 Å². The van der Waals surface area contributed by atoms with Crippen LogP contribution in [0.2, 0.25) is 0 Å². The summed E-state index contributed by atoms with van der Waals surface area (Å²) in [4.78, 5) is 22.2. The Labute approximate surface area is 190 Å². The molecule has 0 aliphatic heterocycles. The number of methoxy groups -OCH3 is 3. The molecule has 168 valence electrons. The van der Waals surface area contributed by atoms with E-state index >= 15 is 0 Å². The van der Waals surface area contributed by atoms with Gasteiger partial charge in [-0.05, 0) is 31.2 Å². The highest BCUT2D eigenvalue weighted by molar-refractivity contribution is 6.05. The van der Waals surface area contributed by atoms with E-state index in [2.05, 4.69) is 15.3 Å². The number of para-hydroxylation sites is 1. The summed E-state index contributed by atoms with van der Waals surface area (Å²) in [6, 6.07) is 17.7. The minimum atomic E-state index is -0.407. The molecule has 2 heterocycles. The number of aromatic nitrogens is 1. The molecule has 0 unspecified atom stereocenters. The van der Waals surface area contributed by atoms with Crippen molar-refractivity contribution in [1.82, 2.24) is 4.98 Å². The van der Waals surface area contributed by atoms with Crippen molar-refractivity contribution in [3.8, 4) is 17.2 Å². The predicted octanol–water partition coefficient (Wildman–Crippen LogP) is 4.65. The summed E-state index contributed by atoms with van der Waals surface area (Å²) in [6.07, 6.45) is 0. The molecular weight excluding hydrogens is 422 g/mol. The number of pyridine rings is 1. The maximum absolute atomic E-state index is 13.2. The van der Waals surface area contributed by atoms with Gasteiger partial charge in [0, 0.05) is 29.3 Å². The van der Waals surface area contributed by atoms with Gasteiger partial charge in [0.25, 0.3) is 5.91 Å². The van der Waals surface area contributed by atoms with Gasteiger partial charge >= 0.3 is 0 Å². The average molecular weight is 445 g/mol. The van der Waals surface area contributed by atoms with Crippen LogP contribution in [-0.2, 0) is 0 Å². The number of hydrogen-bond donors (Lipinski definition) is 1. The topological polar surface area (TPSA) is 95.2 Å². The summed E-state index contributed by atoms with van der Waals surface area (Å²) in [7, 11) is 4.66. The van der Waals surface area contributed by atoms with Crippen LogP contribution in [0.25, 0.3) is 11.0 Å². The van der Waals surface area contributed by atoms with Gasteiger partial charge in [0.15, 0.2) is 11.3 Å². The largest absolute Gasteiger partial charge is 0.497 e. The van der Waals surface area contributed by atoms with E-state index in [0.29, 0.717) is 39.7 Å². The molecule has 2 aromatic carbocycles. The number of benzene rings is 2. The first-order valence-electron chi connectivity index (χ1n) is 10.1. The molecule has 4 rings (SSSR count). The van der Waals surface area contributed by atoms with Crippen molar-refractivity contribution in [3.05, 3.63) is 77.5 Å². The molecule has 8 heteroatoms. The number of nitrogens with one attached hydrogen (secondary N) is 1. The molecule has 0 saturated heterocycles. The molecule has 0 atom stereocenters. The maximum Gasteiger partial charge on any atom is 0.262 e. The van der Waals surface area contributed by atoms with Crippen molar-refractivity contribution < 1.29 is 23.4 Å². The second-order valence-electron chi connectivity index (χ2n) is 7.14. The number of carbonyl (C=O) groups is 1. The fourth-order valence-electron chi connectivity index (χ4n) is 3.30. The monoisotopic (exact) mass is 445 g/mol. The number of anilines is 1. The molecule has 0 aliphatic carbocycles. The lowest BCUT2D eigenvalue weighted by Gasteiger charge is -2.09. The lowest BCUT2D eigenvalue weighted by molar-refractivity contribution is 0.102. The smallest absolute Gasteiger partial charge is 0.262 e. The highest BCUT2D eigenvalue weighted by atomic mass is 16.5. The van der Waals surface area contributed by atoms with Crippen LogP contribution >= 0.6 is 0 Å². The number of nitrogens with zero attached hydrogens (tertiary/aromatic N) is 2. The summed E-state index contributed by atoms with van der Waals surface area (Å²) >= 11 is 0. The van der Waals surface area contributed by atoms with Gasteiger partial charge in [-0.1, -0.05) is 18.2 Å². The molecule has 0 radical (unpaired) electrons. The number of amides is 1. The first-order valence-corrected chi connectivity index (χ1v) is 10.1. The Morgan fingerprint density at radius 3 is 2.33 bits per heavy atom. The number of ether oxygens (including phenoxy) is 3. The Bertz CT molecular complexity index is 1370. The normalized spacial score (nSPS) is 11.3. The van der Waals surface area contributed by atoms with E-state index in [0.717, 1.165) is 5.69 Å². The van der Waals surface area contributed by atoms with Crippen LogP contribution in [0.4, 0.5) is 11.5 Å². The summed E-state index contributed by atoms with van der Waals surface area (Å²) in [5.74, 6) is 1.66. The molecule has 8 nitrogen and oxygen atoms in total. The highest BCUT2D eigenvalue weighted by Crippen LogP contribution is 2.28. The van der Waals surface area contributed by atoms with Crippen molar-refractivity contribution in [2.24, 2.45) is 4.99 Å². The molecule has 4 aromatic rings. The molecule has 0 fully saturated rings. The van der Waals surface area contributed by atoms with Gasteiger partial charge < -0.3 is 23.9 Å². The van der Waals surface area contributed by atoms with Crippen molar-refractivity contribution in [2.45, 2.75) is 6.92 Å². The minimum Gasteiger partial charge on any atom is -0.497 e. The van der Waals surface area contributed by atoms with Crippen LogP contribution in [-0.4, -0.2) is 32.2 Å². The average Bonchev–Trinajstić information content (AvgIpc) is 2.82. The Kier molecular flexibility index (Phi) is 6.26. The third-order valence-electron chi connectivity index (χ3n) is 4.90. The molecule has 33 heavy (non-hydrogen) atoms. The van der Waals surface area contributed by atoms with Crippen molar-refractivity contribution in [3.63, 3.8) is 0 Å². The number of fused-ring (bicyclic) bond motifs is 1. The van der Waals surface area contributed by atoms with Gasteiger partial charge in [0.1, 0.15) is 22.9 Å². The first-order chi connectivity index (χ1) is 16.0. The van der Waals surface area contributed by atoms with E-state index in [1.807, 2.05) is 31.2 Å². The van der Waals surface area contributed by atoms with Crippen molar-refractivity contribution in [2.75, 3.05) is 26.6 Å². The lowest BCUT2D eigenvalue weighted by Crippen LogP contribution is -2.22. The zero-order valence-electron chi connectivity index (χ0n) is 18.7. The second kappa shape index (κ2) is 9.44. The quantitative estimate of drug-likeness (QED) is 0.464. The van der Waals surface area contributed by atoms with Crippen molar-refractivity contribution in [1.29, 1.82) is 0 Å². The molecule has 0 bridgehead atoms. The van der Waals surface area contributed by atoms with Gasteiger partial charge in [-0.25, -0.2) is 9.98 Å². The van der Waals surface area contributed by atoms with E-state index in [4.69, 9.17) is 18.6 Å². The van der Waals surface area contributed by atoms with Gasteiger partial charge in [-0.3, -0.25) is 4.79 Å². The Morgan fingerprint density at radius 2 is 1.67 bits per heavy atom. The number of aryl methyl sites for hydroxylation is 1. The third-order valence-corrected chi connectivity index (χ3v) is 4.90. The van der Waals surface area contributed by atoms with Crippen LogP contribution in [0.3, 0.4) is 0 Å². The molecule has 0 spiro atoms. The minimum absolute atomic E-state index is 0.104. The number of hydrogen-bond acceptors (Lipinski definition) is 7. The SMILES string of the molecule is COc1cc(N=c2oc3c(OC)cccc3cc2C(=O)Nc2cccc(C)n2)cc(OC)c1. The van der Waals surface area contributed by atoms with E-state index in [1.54, 1.807) is 57.7 Å². The Balaban J connectivity index is 1.91. The van der Waals surface area contributed by atoms with Crippen LogP contribution in [0.5, 0.6) is 17.2 Å². The highest BCUT2D eigenvalue weighted by Gasteiger charge is 2.16. The maximum atomic E-state index is 13.2. The van der Waals surface area contributed by atoms with Crippen LogP contribution in [0.15, 0.2) is 70.1 Å². The number of carbonyl (C=O) groups excluding carboxylic acids is 1. The predicted molar refractivity (Wildman–Crippen MR) is 124 cm³/mol. The van der Waals surface area contributed by atoms with Gasteiger partial charge in [0.05, 0.1) is 27.0 Å². The molecule has 2 aromatic heterocycles. The molecule has 1 amide bonds. The summed E-state index contributed by atoms with van der Waals surface area (Å²) in [5.41, 5.74) is 2.09. The van der Waals surface area contributed by atoms with E-state index in [9.17, 15) is 4.79 Å². The zero-order valence-corrected chi connectivity index (χ0v) is 18.7. The van der Waals surface area contributed by atoms with E-state index < -0.39 is 5.91 Å². The first kappa shape index (κ1) is 21.9. The second-order valence-corrected chi connectivity index (χ2v) is 7.14. The van der Waals surface area contributed by atoms with Crippen LogP contribution in [0.1, 0.15) is 16.1 Å². The Morgan fingerprint density at radius 1 is 0.939 bits per heavy atom. The summed E-state index contributed by atoms with van der Waals surface area (Å²) in [6.45, 7) is 1.85. The zero-order chi connectivity index (χ0) is 23.4. The standard InChI is InChI=1S/C25H23N3O5/c1-15-7-5-10-22(26-15)28-24(29)20-11-16-8-6-9-21(32-4)23(16)33-25(20)27-17-12-18(30-2)14-19(13-17)31-3/h5-14H,1-4H3,(H,26,28,29). The summed E-state index contributed by atoms with van der Waals surface area (Å²) in [5, 5.41) is 3.51. The Hall–Kier alpha value is -4.33. The molecule has 1 N–H and O–H groups in total. The van der Waals surface area contributed by atoms with Crippen LogP contribution < -0.4 is 25.1 Å². The van der Waals surface area contributed by atoms with E-state index in [-0.39, 0.29) is 11.1 Å². The molecule has 0 aliphatic rings. The number of rotatable bonds is 6. The lowest BCUT2D eigenvalue weighted by atomic mass is 10.1. The molecule has 0 saturated carbocycles. The van der Waals surface area contributed by atoms with Crippen LogP contribution in [0, 0.1) is 6.92 Å². The van der Waals surface area contributed by atoms with E-state index in [1.165, 1.54) is 0 Å². The third kappa shape index (κ3) is 4.79. The summed E-state index contributed by atoms with van der Waals surface area (Å²) < 4.78 is 22.2. The van der Waals surface area contributed by atoms with Crippen molar-refractivity contribution >= 4 is 28.4 Å².